The Morgan fingerprint density at radius 3 is 2.20 bits per heavy atom. The van der Waals surface area contributed by atoms with Gasteiger partial charge in [-0.25, -0.2) is 4.79 Å². The third kappa shape index (κ3) is 3.11. The van der Waals surface area contributed by atoms with Crippen LogP contribution in [-0.4, -0.2) is 37.4 Å². The fourth-order valence-corrected chi connectivity index (χ4v) is 1.44. The van der Waals surface area contributed by atoms with E-state index in [1.807, 2.05) is 0 Å². The molecule has 1 rings (SSSR count). The number of aromatic carboxylic acids is 1. The van der Waals surface area contributed by atoms with Crippen molar-refractivity contribution in [1.82, 2.24) is 0 Å². The summed E-state index contributed by atoms with van der Waals surface area (Å²) in [4.78, 5) is 22.0. The molecule has 20 heavy (non-hydrogen) atoms. The number of amides is 1. The van der Waals surface area contributed by atoms with Gasteiger partial charge in [0.2, 0.25) is 0 Å². The summed E-state index contributed by atoms with van der Waals surface area (Å²) >= 11 is 0. The molecule has 110 valence electrons. The molecule has 0 fully saturated rings. The molecule has 0 saturated heterocycles. The highest BCUT2D eigenvalue weighted by atomic mass is 19.4. The van der Waals surface area contributed by atoms with Gasteiger partial charge in [0.25, 0.3) is 0 Å². The minimum absolute atomic E-state index is 0.112. The molecule has 0 unspecified atom stereocenters. The predicted octanol–water partition coefficient (Wildman–Crippen LogP) is 1.90. The topological polar surface area (TPSA) is 84.9 Å². The first-order valence-electron chi connectivity index (χ1n) is 5.08. The van der Waals surface area contributed by atoms with E-state index in [4.69, 9.17) is 14.6 Å². The maximum absolute atomic E-state index is 12.2. The van der Waals surface area contributed by atoms with E-state index in [1.54, 1.807) is 5.32 Å². The molecule has 0 bridgehead atoms. The van der Waals surface area contributed by atoms with Crippen LogP contribution in [0.15, 0.2) is 12.1 Å². The number of hydrogen-bond donors (Lipinski definition) is 2. The normalized spacial score (nSPS) is 10.8. The quantitative estimate of drug-likeness (QED) is 0.885. The molecule has 1 aromatic rings. The summed E-state index contributed by atoms with van der Waals surface area (Å²) < 4.78 is 46.1. The third-order valence-electron chi connectivity index (χ3n) is 2.26. The maximum atomic E-state index is 12.2. The number of benzene rings is 1. The lowest BCUT2D eigenvalue weighted by Gasteiger charge is -2.15. The van der Waals surface area contributed by atoms with Gasteiger partial charge in [-0.1, -0.05) is 0 Å². The van der Waals surface area contributed by atoms with Crippen LogP contribution in [0.4, 0.5) is 18.9 Å². The summed E-state index contributed by atoms with van der Waals surface area (Å²) in [6.07, 6.45) is -5.10. The fourth-order valence-electron chi connectivity index (χ4n) is 1.44. The number of alkyl halides is 3. The van der Waals surface area contributed by atoms with Crippen LogP contribution in [-0.2, 0) is 4.79 Å². The van der Waals surface area contributed by atoms with Gasteiger partial charge in [-0.2, -0.15) is 13.2 Å². The zero-order chi connectivity index (χ0) is 15.5. The minimum Gasteiger partial charge on any atom is -0.496 e. The number of hydrogen-bond acceptors (Lipinski definition) is 4. The summed E-state index contributed by atoms with van der Waals surface area (Å²) in [6.45, 7) is 0. The summed E-state index contributed by atoms with van der Waals surface area (Å²) in [5.41, 5.74) is -0.914. The molecule has 0 aliphatic heterocycles. The molecular formula is C11H10F3NO5. The number of carbonyl (C=O) groups excluding carboxylic acids is 1. The molecule has 0 atom stereocenters. The monoisotopic (exact) mass is 293 g/mol. The Morgan fingerprint density at radius 2 is 1.80 bits per heavy atom. The van der Waals surface area contributed by atoms with Crippen molar-refractivity contribution in [2.24, 2.45) is 0 Å². The number of nitrogens with one attached hydrogen (secondary N) is 1. The van der Waals surface area contributed by atoms with Crippen LogP contribution < -0.4 is 14.8 Å². The molecule has 2 N–H and O–H groups in total. The predicted molar refractivity (Wildman–Crippen MR) is 61.2 cm³/mol. The van der Waals surface area contributed by atoms with Gasteiger partial charge in [-0.15, -0.1) is 0 Å². The number of ether oxygens (including phenoxy) is 2. The molecule has 0 saturated carbocycles. The van der Waals surface area contributed by atoms with Crippen molar-refractivity contribution in [3.63, 3.8) is 0 Å². The zero-order valence-electron chi connectivity index (χ0n) is 10.4. The average Bonchev–Trinajstić information content (AvgIpc) is 2.36. The van der Waals surface area contributed by atoms with Crippen LogP contribution in [0.1, 0.15) is 10.4 Å². The maximum Gasteiger partial charge on any atom is 0.471 e. The molecule has 1 aromatic carbocycles. The van der Waals surface area contributed by atoms with E-state index in [9.17, 15) is 22.8 Å². The van der Waals surface area contributed by atoms with E-state index in [2.05, 4.69) is 0 Å². The van der Waals surface area contributed by atoms with Crippen LogP contribution in [0.3, 0.4) is 0 Å². The van der Waals surface area contributed by atoms with Crippen molar-refractivity contribution in [2.45, 2.75) is 6.18 Å². The smallest absolute Gasteiger partial charge is 0.471 e. The van der Waals surface area contributed by atoms with Crippen LogP contribution in [0.5, 0.6) is 11.5 Å². The third-order valence-corrected chi connectivity index (χ3v) is 2.26. The molecule has 9 heteroatoms. The Hall–Kier alpha value is -2.45. The molecule has 0 radical (unpaired) electrons. The lowest BCUT2D eigenvalue weighted by atomic mass is 10.1. The van der Waals surface area contributed by atoms with Crippen molar-refractivity contribution in [3.8, 4) is 11.5 Å². The molecule has 0 heterocycles. The summed E-state index contributed by atoms with van der Waals surface area (Å²) in [5, 5.41) is 10.6. The van der Waals surface area contributed by atoms with E-state index in [0.29, 0.717) is 0 Å². The number of carboxylic acids is 1. The number of anilines is 1. The summed E-state index contributed by atoms with van der Waals surface area (Å²) in [5.74, 6) is -4.26. The Labute approximate surface area is 111 Å². The van der Waals surface area contributed by atoms with E-state index < -0.39 is 35.1 Å². The second kappa shape index (κ2) is 5.68. The Morgan fingerprint density at radius 1 is 1.20 bits per heavy atom. The van der Waals surface area contributed by atoms with Gasteiger partial charge >= 0.3 is 18.1 Å². The van der Waals surface area contributed by atoms with Gasteiger partial charge in [-0.3, -0.25) is 4.79 Å². The summed E-state index contributed by atoms with van der Waals surface area (Å²) in [6, 6.07) is 2.16. The average molecular weight is 293 g/mol. The highest BCUT2D eigenvalue weighted by molar-refractivity contribution is 6.01. The van der Waals surface area contributed by atoms with Crippen molar-refractivity contribution >= 4 is 17.6 Å². The molecule has 0 aliphatic carbocycles. The number of carbonyl (C=O) groups is 2. The highest BCUT2D eigenvalue weighted by Gasteiger charge is 2.39. The van der Waals surface area contributed by atoms with E-state index in [1.165, 1.54) is 7.11 Å². The highest BCUT2D eigenvalue weighted by Crippen LogP contribution is 2.36. The standard InChI is InChI=1S/C11H10F3NO5/c1-19-6-4-3-5(15-10(18)11(12,13)14)8(20-2)7(6)9(16)17/h3-4H,1-2H3,(H,15,18)(H,16,17). The SMILES string of the molecule is COc1ccc(NC(=O)C(F)(F)F)c(OC)c1C(=O)O. The molecular weight excluding hydrogens is 283 g/mol. The second-order valence-electron chi connectivity index (χ2n) is 3.48. The number of carboxylic acid groups (broad SMARTS) is 1. The molecule has 0 spiro atoms. The van der Waals surface area contributed by atoms with Crippen LogP contribution in [0.2, 0.25) is 0 Å². The van der Waals surface area contributed by atoms with Gasteiger partial charge in [0.1, 0.15) is 11.3 Å². The Bertz CT molecular complexity index is 542. The van der Waals surface area contributed by atoms with Crippen molar-refractivity contribution in [1.29, 1.82) is 0 Å². The first-order valence-corrected chi connectivity index (χ1v) is 5.08. The number of halogens is 3. The van der Waals surface area contributed by atoms with E-state index in [0.717, 1.165) is 19.2 Å². The van der Waals surface area contributed by atoms with Crippen molar-refractivity contribution in [2.75, 3.05) is 19.5 Å². The lowest BCUT2D eigenvalue weighted by molar-refractivity contribution is -0.167. The minimum atomic E-state index is -5.10. The first kappa shape index (κ1) is 15.6. The summed E-state index contributed by atoms with van der Waals surface area (Å²) in [7, 11) is 2.25. The zero-order valence-corrected chi connectivity index (χ0v) is 10.4. The number of methoxy groups -OCH3 is 2. The van der Waals surface area contributed by atoms with Gasteiger partial charge in [-0.05, 0) is 12.1 Å². The van der Waals surface area contributed by atoms with Gasteiger partial charge in [0, 0.05) is 0 Å². The second-order valence-corrected chi connectivity index (χ2v) is 3.48. The van der Waals surface area contributed by atoms with Crippen LogP contribution in [0, 0.1) is 0 Å². The van der Waals surface area contributed by atoms with Gasteiger partial charge < -0.3 is 19.9 Å². The number of rotatable bonds is 4. The fraction of sp³-hybridized carbons (Fsp3) is 0.273. The van der Waals surface area contributed by atoms with E-state index >= 15 is 0 Å². The van der Waals surface area contributed by atoms with E-state index in [-0.39, 0.29) is 5.75 Å². The van der Waals surface area contributed by atoms with Crippen LogP contribution in [0.25, 0.3) is 0 Å². The first-order chi connectivity index (χ1) is 9.22. The molecule has 0 aliphatic rings. The lowest BCUT2D eigenvalue weighted by Crippen LogP contribution is -2.30. The molecule has 0 aromatic heterocycles. The Balaban J connectivity index is 3.32. The van der Waals surface area contributed by atoms with Crippen molar-refractivity contribution < 1.29 is 37.3 Å². The molecule has 1 amide bonds. The largest absolute Gasteiger partial charge is 0.496 e. The van der Waals surface area contributed by atoms with Gasteiger partial charge in [0.15, 0.2) is 5.75 Å². The van der Waals surface area contributed by atoms with Crippen molar-refractivity contribution in [3.05, 3.63) is 17.7 Å². The Kier molecular flexibility index (Phi) is 4.43. The van der Waals surface area contributed by atoms with Crippen LogP contribution >= 0.6 is 0 Å². The van der Waals surface area contributed by atoms with Gasteiger partial charge in [0.05, 0.1) is 19.9 Å². The molecule has 6 nitrogen and oxygen atoms in total.